The first-order valence-electron chi connectivity index (χ1n) is 9.34. The standard InChI is InChI=1S/C22H29NO2/c1-5-25-20(24)14-18-17-8-6-7-9-19(17)23-21(18)15-10-12-16(13-11-15)22(2,3)4/h6-10,16,23H,5,11-14H2,1-4H3. The number of aromatic nitrogens is 1. The lowest BCUT2D eigenvalue weighted by atomic mass is 9.72. The number of carbonyl (C=O) groups excluding carboxylic acids is 1. The predicted molar refractivity (Wildman–Crippen MR) is 103 cm³/mol. The summed E-state index contributed by atoms with van der Waals surface area (Å²) in [6, 6.07) is 8.22. The molecule has 1 N–H and O–H groups in total. The normalized spacial score (nSPS) is 18.2. The Bertz CT molecular complexity index is 792. The number of allylic oxidation sites excluding steroid dienone is 2. The first-order valence-corrected chi connectivity index (χ1v) is 9.34. The van der Waals surface area contributed by atoms with Crippen molar-refractivity contribution in [1.82, 2.24) is 4.98 Å². The minimum atomic E-state index is -0.155. The van der Waals surface area contributed by atoms with Gasteiger partial charge in [-0.3, -0.25) is 4.79 Å². The second-order valence-electron chi connectivity index (χ2n) is 8.07. The third-order valence-corrected chi connectivity index (χ3v) is 5.40. The largest absolute Gasteiger partial charge is 0.466 e. The highest BCUT2D eigenvalue weighted by atomic mass is 16.5. The van der Waals surface area contributed by atoms with Crippen LogP contribution in [0.25, 0.3) is 16.5 Å². The van der Waals surface area contributed by atoms with E-state index in [1.807, 2.05) is 19.1 Å². The van der Waals surface area contributed by atoms with E-state index in [4.69, 9.17) is 4.74 Å². The molecule has 0 radical (unpaired) electrons. The number of benzene rings is 1. The van der Waals surface area contributed by atoms with Gasteiger partial charge in [0.15, 0.2) is 0 Å². The van der Waals surface area contributed by atoms with Crippen LogP contribution in [0.15, 0.2) is 30.3 Å². The van der Waals surface area contributed by atoms with Crippen molar-refractivity contribution < 1.29 is 9.53 Å². The SMILES string of the molecule is CCOC(=O)Cc1c(C2=CCC(C(C)(C)C)CC2)[nH]c2ccccc12. The maximum Gasteiger partial charge on any atom is 0.310 e. The summed E-state index contributed by atoms with van der Waals surface area (Å²) in [6.45, 7) is 9.25. The number of fused-ring (bicyclic) bond motifs is 1. The third-order valence-electron chi connectivity index (χ3n) is 5.40. The molecule has 25 heavy (non-hydrogen) atoms. The van der Waals surface area contributed by atoms with E-state index in [1.54, 1.807) is 0 Å². The third kappa shape index (κ3) is 3.81. The van der Waals surface area contributed by atoms with Crippen LogP contribution in [-0.4, -0.2) is 17.6 Å². The van der Waals surface area contributed by atoms with E-state index in [2.05, 4.69) is 44.0 Å². The fourth-order valence-corrected chi connectivity index (χ4v) is 3.86. The molecule has 1 aromatic heterocycles. The van der Waals surface area contributed by atoms with Crippen molar-refractivity contribution in [3.8, 4) is 0 Å². The van der Waals surface area contributed by atoms with E-state index < -0.39 is 0 Å². The van der Waals surface area contributed by atoms with Crippen molar-refractivity contribution in [2.75, 3.05) is 6.61 Å². The number of aromatic amines is 1. The zero-order valence-corrected chi connectivity index (χ0v) is 15.8. The zero-order valence-electron chi connectivity index (χ0n) is 15.8. The van der Waals surface area contributed by atoms with Gasteiger partial charge in [-0.2, -0.15) is 0 Å². The Hall–Kier alpha value is -2.03. The summed E-state index contributed by atoms with van der Waals surface area (Å²) in [5.41, 5.74) is 4.98. The predicted octanol–water partition coefficient (Wildman–Crippen LogP) is 5.50. The molecule has 3 nitrogen and oxygen atoms in total. The molecular formula is C22H29NO2. The Morgan fingerprint density at radius 2 is 2.04 bits per heavy atom. The fourth-order valence-electron chi connectivity index (χ4n) is 3.86. The maximum absolute atomic E-state index is 12.1. The van der Waals surface area contributed by atoms with Gasteiger partial charge in [-0.1, -0.05) is 45.0 Å². The van der Waals surface area contributed by atoms with Crippen LogP contribution in [0.2, 0.25) is 0 Å². The number of H-pyrrole nitrogens is 1. The molecule has 3 rings (SSSR count). The summed E-state index contributed by atoms with van der Waals surface area (Å²) in [6.07, 6.45) is 6.06. The van der Waals surface area contributed by atoms with Crippen molar-refractivity contribution in [3.05, 3.63) is 41.6 Å². The number of ether oxygens (including phenoxy) is 1. The molecule has 0 amide bonds. The molecule has 1 aliphatic rings. The topological polar surface area (TPSA) is 42.1 Å². The highest BCUT2D eigenvalue weighted by molar-refractivity contribution is 5.92. The summed E-state index contributed by atoms with van der Waals surface area (Å²) in [4.78, 5) is 15.7. The van der Waals surface area contributed by atoms with Crippen LogP contribution in [0.1, 0.15) is 58.2 Å². The molecule has 0 saturated heterocycles. The Morgan fingerprint density at radius 1 is 1.28 bits per heavy atom. The van der Waals surface area contributed by atoms with Gasteiger partial charge in [0, 0.05) is 16.6 Å². The van der Waals surface area contributed by atoms with Crippen LogP contribution in [0.4, 0.5) is 0 Å². The Morgan fingerprint density at radius 3 is 2.68 bits per heavy atom. The first kappa shape index (κ1) is 17.8. The number of nitrogens with one attached hydrogen (secondary N) is 1. The molecule has 0 aliphatic heterocycles. The molecule has 1 unspecified atom stereocenters. The lowest BCUT2D eigenvalue weighted by molar-refractivity contribution is -0.142. The van der Waals surface area contributed by atoms with E-state index in [0.717, 1.165) is 35.0 Å². The van der Waals surface area contributed by atoms with Gasteiger partial charge < -0.3 is 9.72 Å². The van der Waals surface area contributed by atoms with Crippen LogP contribution < -0.4 is 0 Å². The van der Waals surface area contributed by atoms with Gasteiger partial charge in [-0.25, -0.2) is 0 Å². The van der Waals surface area contributed by atoms with E-state index >= 15 is 0 Å². The Labute approximate surface area is 150 Å². The van der Waals surface area contributed by atoms with Crippen molar-refractivity contribution >= 4 is 22.4 Å². The van der Waals surface area contributed by atoms with E-state index in [0.29, 0.717) is 24.4 Å². The van der Waals surface area contributed by atoms with Gasteiger partial charge in [0.05, 0.1) is 13.0 Å². The number of rotatable bonds is 4. The van der Waals surface area contributed by atoms with Crippen LogP contribution in [0.3, 0.4) is 0 Å². The maximum atomic E-state index is 12.1. The summed E-state index contributed by atoms with van der Waals surface area (Å²) in [7, 11) is 0. The lowest BCUT2D eigenvalue weighted by Crippen LogP contribution is -2.22. The zero-order chi connectivity index (χ0) is 18.0. The molecule has 0 spiro atoms. The molecule has 134 valence electrons. The van der Waals surface area contributed by atoms with Gasteiger partial charge in [0.2, 0.25) is 0 Å². The molecular weight excluding hydrogens is 310 g/mol. The summed E-state index contributed by atoms with van der Waals surface area (Å²) >= 11 is 0. The molecule has 2 aromatic rings. The average molecular weight is 339 g/mol. The number of para-hydroxylation sites is 1. The first-order chi connectivity index (χ1) is 11.9. The minimum Gasteiger partial charge on any atom is -0.466 e. The van der Waals surface area contributed by atoms with Crippen molar-refractivity contribution in [2.24, 2.45) is 11.3 Å². The molecule has 1 heterocycles. The lowest BCUT2D eigenvalue weighted by Gasteiger charge is -2.33. The van der Waals surface area contributed by atoms with Gasteiger partial charge in [0.25, 0.3) is 0 Å². The minimum absolute atomic E-state index is 0.155. The number of hydrogen-bond donors (Lipinski definition) is 1. The second kappa shape index (κ2) is 7.07. The summed E-state index contributed by atoms with van der Waals surface area (Å²) in [5, 5.41) is 1.13. The van der Waals surface area contributed by atoms with Crippen LogP contribution in [-0.2, 0) is 16.0 Å². The Balaban J connectivity index is 1.96. The van der Waals surface area contributed by atoms with Gasteiger partial charge >= 0.3 is 5.97 Å². The van der Waals surface area contributed by atoms with Crippen LogP contribution in [0, 0.1) is 11.3 Å². The highest BCUT2D eigenvalue weighted by Crippen LogP contribution is 2.41. The number of carbonyl (C=O) groups is 1. The molecule has 0 saturated carbocycles. The van der Waals surface area contributed by atoms with Crippen molar-refractivity contribution in [1.29, 1.82) is 0 Å². The van der Waals surface area contributed by atoms with Gasteiger partial charge in [-0.15, -0.1) is 0 Å². The molecule has 0 bridgehead atoms. The number of esters is 1. The summed E-state index contributed by atoms with van der Waals surface area (Å²) < 4.78 is 5.20. The monoisotopic (exact) mass is 339 g/mol. The fraction of sp³-hybridized carbons (Fsp3) is 0.500. The molecule has 3 heteroatoms. The Kier molecular flexibility index (Phi) is 5.03. The second-order valence-corrected chi connectivity index (χ2v) is 8.07. The smallest absolute Gasteiger partial charge is 0.310 e. The van der Waals surface area contributed by atoms with E-state index in [9.17, 15) is 4.79 Å². The number of hydrogen-bond acceptors (Lipinski definition) is 2. The van der Waals surface area contributed by atoms with Crippen LogP contribution in [0.5, 0.6) is 0 Å². The summed E-state index contributed by atoms with van der Waals surface area (Å²) in [5.74, 6) is 0.562. The van der Waals surface area contributed by atoms with Gasteiger partial charge in [-0.05, 0) is 54.7 Å². The van der Waals surface area contributed by atoms with E-state index in [-0.39, 0.29) is 5.97 Å². The van der Waals surface area contributed by atoms with Crippen LogP contribution >= 0.6 is 0 Å². The quantitative estimate of drug-likeness (QED) is 0.747. The highest BCUT2D eigenvalue weighted by Gasteiger charge is 2.28. The van der Waals surface area contributed by atoms with E-state index in [1.165, 1.54) is 12.0 Å². The molecule has 1 aromatic carbocycles. The molecule has 1 aliphatic carbocycles. The molecule has 0 fully saturated rings. The molecule has 1 atom stereocenters. The van der Waals surface area contributed by atoms with Gasteiger partial charge in [0.1, 0.15) is 0 Å². The van der Waals surface area contributed by atoms with Crippen molar-refractivity contribution in [2.45, 2.75) is 53.4 Å². The average Bonchev–Trinajstić information content (AvgIpc) is 2.93. The van der Waals surface area contributed by atoms with Crippen molar-refractivity contribution in [3.63, 3.8) is 0 Å².